The predicted molar refractivity (Wildman–Crippen MR) is 175 cm³/mol. The zero-order chi connectivity index (χ0) is 38.7. The average molecular weight is 707 g/mol. The summed E-state index contributed by atoms with van der Waals surface area (Å²) in [4.78, 5) is 107. The third kappa shape index (κ3) is 9.05. The van der Waals surface area contributed by atoms with E-state index < -0.39 is 119 Å². The van der Waals surface area contributed by atoms with Gasteiger partial charge in [-0.15, -0.1) is 0 Å². The van der Waals surface area contributed by atoms with Gasteiger partial charge in [0.2, 0.25) is 6.10 Å². The van der Waals surface area contributed by atoms with E-state index in [1.54, 1.807) is 0 Å². The van der Waals surface area contributed by atoms with Gasteiger partial charge in [-0.3, -0.25) is 38.4 Å². The highest BCUT2D eigenvalue weighted by molar-refractivity contribution is 5.96. The number of carbonyl (C=O) groups excluding carboxylic acids is 8. The molecule has 0 radical (unpaired) electrons. The maximum Gasteiger partial charge on any atom is 0.309 e. The topological polar surface area (TPSA) is 192 Å². The number of hydrogen-bond acceptors (Lipinski definition) is 14. The van der Waals surface area contributed by atoms with Crippen molar-refractivity contribution >= 4 is 47.4 Å². The van der Waals surface area contributed by atoms with Crippen LogP contribution in [0.5, 0.6) is 0 Å². The van der Waals surface area contributed by atoms with Crippen molar-refractivity contribution < 1.29 is 66.8 Å². The van der Waals surface area contributed by atoms with Gasteiger partial charge in [-0.1, -0.05) is 53.3 Å². The Bertz CT molecular complexity index is 1450. The summed E-state index contributed by atoms with van der Waals surface area (Å²) in [7, 11) is 0. The Balaban J connectivity index is 3.25. The third-order valence-electron chi connectivity index (χ3n) is 8.66. The van der Waals surface area contributed by atoms with E-state index in [1.807, 2.05) is 0 Å². The van der Waals surface area contributed by atoms with Gasteiger partial charge in [0.1, 0.15) is 6.10 Å². The van der Waals surface area contributed by atoms with Gasteiger partial charge in [-0.2, -0.15) is 0 Å². The van der Waals surface area contributed by atoms with Gasteiger partial charge in [0, 0.05) is 51.0 Å². The van der Waals surface area contributed by atoms with Crippen LogP contribution in [0.15, 0.2) is 24.3 Å². The van der Waals surface area contributed by atoms with E-state index in [-0.39, 0.29) is 5.57 Å². The van der Waals surface area contributed by atoms with Crippen LogP contribution in [0.3, 0.4) is 0 Å². The number of Topliss-reactive ketones (excluding diaryl/α,β-unsaturated/α-hetero) is 2. The van der Waals surface area contributed by atoms with Crippen molar-refractivity contribution in [1.82, 2.24) is 0 Å². The fourth-order valence-electron chi connectivity index (χ4n) is 6.36. The van der Waals surface area contributed by atoms with Crippen LogP contribution >= 0.6 is 0 Å². The second-order valence-corrected chi connectivity index (χ2v) is 14.3. The fourth-order valence-corrected chi connectivity index (χ4v) is 6.36. The Morgan fingerprint density at radius 3 is 1.62 bits per heavy atom. The molecular weight excluding hydrogens is 656 g/mol. The predicted octanol–water partition coefficient (Wildman–Crippen LogP) is 3.56. The van der Waals surface area contributed by atoms with Crippen molar-refractivity contribution in [3.63, 3.8) is 0 Å². The quantitative estimate of drug-likeness (QED) is 0.202. The highest BCUT2D eigenvalue weighted by Crippen LogP contribution is 2.54. The number of ether oxygens (including phenoxy) is 6. The molecule has 0 aliphatic heterocycles. The van der Waals surface area contributed by atoms with Crippen LogP contribution in [0, 0.1) is 29.1 Å². The molecule has 0 aromatic carbocycles. The molecule has 1 saturated carbocycles. The lowest BCUT2D eigenvalue weighted by Crippen LogP contribution is -2.58. The lowest BCUT2D eigenvalue weighted by molar-refractivity contribution is -0.191. The van der Waals surface area contributed by atoms with Crippen LogP contribution in [0.4, 0.5) is 0 Å². The van der Waals surface area contributed by atoms with Crippen molar-refractivity contribution in [1.29, 1.82) is 0 Å². The molecule has 0 N–H and O–H groups in total. The summed E-state index contributed by atoms with van der Waals surface area (Å²) >= 11 is 0. The molecular formula is C36H50O14. The Labute approximate surface area is 292 Å². The molecule has 2 aliphatic rings. The molecule has 0 aromatic heterocycles. The summed E-state index contributed by atoms with van der Waals surface area (Å²) in [6.45, 7) is 20.1. The van der Waals surface area contributed by atoms with Gasteiger partial charge in [0.25, 0.3) is 0 Å². The summed E-state index contributed by atoms with van der Waals surface area (Å²) in [5.41, 5.74) is -6.10. The van der Waals surface area contributed by atoms with Crippen molar-refractivity contribution in [3.05, 3.63) is 24.3 Å². The monoisotopic (exact) mass is 706 g/mol. The maximum absolute atomic E-state index is 14.7. The van der Waals surface area contributed by atoms with Gasteiger partial charge in [-0.25, -0.2) is 0 Å². The lowest BCUT2D eigenvalue weighted by Gasteiger charge is -2.42. The van der Waals surface area contributed by atoms with Crippen LogP contribution in [0.25, 0.3) is 0 Å². The van der Waals surface area contributed by atoms with Gasteiger partial charge >= 0.3 is 35.8 Å². The van der Waals surface area contributed by atoms with E-state index in [4.69, 9.17) is 28.4 Å². The maximum atomic E-state index is 14.7. The average Bonchev–Trinajstić information content (AvgIpc) is 3.19. The first-order valence-corrected chi connectivity index (χ1v) is 16.4. The smallest absolute Gasteiger partial charge is 0.309 e. The molecule has 50 heavy (non-hydrogen) atoms. The van der Waals surface area contributed by atoms with Crippen molar-refractivity contribution in [2.75, 3.05) is 0 Å². The van der Waals surface area contributed by atoms with Crippen molar-refractivity contribution in [2.24, 2.45) is 29.1 Å². The van der Waals surface area contributed by atoms with E-state index in [1.165, 1.54) is 67.5 Å². The zero-order valence-electron chi connectivity index (χ0n) is 30.9. The van der Waals surface area contributed by atoms with E-state index in [0.29, 0.717) is 0 Å². The molecule has 278 valence electrons. The molecule has 0 unspecified atom stereocenters. The Kier molecular flexibility index (Phi) is 13.1. The van der Waals surface area contributed by atoms with Crippen molar-refractivity contribution in [2.45, 2.75) is 125 Å². The molecule has 0 bridgehead atoms. The van der Waals surface area contributed by atoms with Gasteiger partial charge in [0.15, 0.2) is 35.0 Å². The van der Waals surface area contributed by atoms with Crippen molar-refractivity contribution in [3.8, 4) is 0 Å². The first kappa shape index (κ1) is 41.8. The summed E-state index contributed by atoms with van der Waals surface area (Å²) in [6.07, 6.45) is -5.05. The molecule has 8 atom stereocenters. The van der Waals surface area contributed by atoms with E-state index in [0.717, 1.165) is 27.7 Å². The number of esters is 6. The molecule has 2 rings (SSSR count). The van der Waals surface area contributed by atoms with Gasteiger partial charge in [-0.05, 0) is 20.8 Å². The van der Waals surface area contributed by atoms with E-state index >= 15 is 0 Å². The van der Waals surface area contributed by atoms with Crippen LogP contribution in [0.1, 0.15) is 89.5 Å². The fraction of sp³-hybridized carbons (Fsp3) is 0.667. The van der Waals surface area contributed by atoms with Crippen LogP contribution in [0.2, 0.25) is 0 Å². The number of allylic oxidation sites excluding steroid dienone is 2. The number of ketones is 2. The second-order valence-electron chi connectivity index (χ2n) is 14.3. The van der Waals surface area contributed by atoms with Gasteiger partial charge < -0.3 is 28.4 Å². The van der Waals surface area contributed by atoms with Gasteiger partial charge in [0.05, 0.1) is 17.8 Å². The minimum Gasteiger partial charge on any atom is -0.458 e. The van der Waals surface area contributed by atoms with Crippen LogP contribution in [-0.2, 0) is 66.8 Å². The molecule has 0 heterocycles. The number of fused-ring (bicyclic) bond motifs is 1. The zero-order valence-corrected chi connectivity index (χ0v) is 30.9. The Morgan fingerprint density at radius 2 is 1.18 bits per heavy atom. The largest absolute Gasteiger partial charge is 0.458 e. The summed E-state index contributed by atoms with van der Waals surface area (Å²) < 4.78 is 34.7. The standard InChI is InChI=1S/C36H50O14/c1-17(2)32(43)47-27-20(6)26(45-21(7)37)25-31(46-22(8)38)35(13,49-23(9)39)16-36(25,50-24(10)40)29(41)19(5)14-15-34(11,12)30(42)28(27)48-33(44)18(3)4/h14-15,17-19,25-28,31H,6,16H2,1-5,7-13H3/b15-14+/t19-,25+,26-,27+,28+,31-,35-,36-/m1/s1. The molecule has 0 amide bonds. The van der Waals surface area contributed by atoms with Crippen LogP contribution < -0.4 is 0 Å². The third-order valence-corrected chi connectivity index (χ3v) is 8.66. The number of hydrogen-bond donors (Lipinski definition) is 0. The first-order chi connectivity index (χ1) is 22.8. The summed E-state index contributed by atoms with van der Waals surface area (Å²) in [6, 6.07) is 0. The highest BCUT2D eigenvalue weighted by atomic mass is 16.6. The molecule has 14 heteroatoms. The normalized spacial score (nSPS) is 31.8. The minimum atomic E-state index is -2.35. The Morgan fingerprint density at radius 1 is 0.700 bits per heavy atom. The highest BCUT2D eigenvalue weighted by Gasteiger charge is 2.72. The van der Waals surface area contributed by atoms with E-state index in [2.05, 4.69) is 6.58 Å². The molecule has 2 aliphatic carbocycles. The molecule has 0 spiro atoms. The second kappa shape index (κ2) is 15.7. The molecule has 14 nitrogen and oxygen atoms in total. The minimum absolute atomic E-state index is 0.379. The Hall–Kier alpha value is -4.36. The van der Waals surface area contributed by atoms with Crippen LogP contribution in [-0.4, -0.2) is 83.0 Å². The molecule has 0 aromatic rings. The summed E-state index contributed by atoms with van der Waals surface area (Å²) in [5, 5.41) is 0. The summed E-state index contributed by atoms with van der Waals surface area (Å²) in [5.74, 6) is -11.3. The molecule has 1 fully saturated rings. The number of rotatable bonds is 8. The van der Waals surface area contributed by atoms with E-state index in [9.17, 15) is 38.4 Å². The first-order valence-electron chi connectivity index (χ1n) is 16.4. The lowest BCUT2D eigenvalue weighted by atomic mass is 9.72. The SMILES string of the molecule is C=C1[C@@H](OC(C)=O)[C@H]2[C@@H](OC(C)=O)[C@](C)(OC(C)=O)C[C@]2(OC(C)=O)C(=O)[C@H](C)/C=C/C(C)(C)C(=O)[C@@H](OC(=O)C(C)C)[C@H]1OC(=O)C(C)C. The molecule has 0 saturated heterocycles. The number of carbonyl (C=O) groups is 8.